The fraction of sp³-hybridized carbons (Fsp3) is 0.344. The van der Waals surface area contributed by atoms with Crippen LogP contribution in [0.15, 0.2) is 49.2 Å². The second-order valence-corrected chi connectivity index (χ2v) is 10.3. The van der Waals surface area contributed by atoms with E-state index in [9.17, 15) is 14.0 Å². The lowest BCUT2D eigenvalue weighted by Gasteiger charge is -2.26. The summed E-state index contributed by atoms with van der Waals surface area (Å²) >= 11 is 0. The molecule has 0 unspecified atom stereocenters. The first kappa shape index (κ1) is 29.8. The minimum atomic E-state index is -0.446. The maximum absolute atomic E-state index is 13.8. The molecule has 1 fully saturated rings. The van der Waals surface area contributed by atoms with E-state index < -0.39 is 11.8 Å². The number of amides is 2. The molecule has 0 saturated carbocycles. The van der Waals surface area contributed by atoms with Crippen LogP contribution in [-0.2, 0) is 30.8 Å². The van der Waals surface area contributed by atoms with E-state index in [1.165, 1.54) is 12.1 Å². The second-order valence-electron chi connectivity index (χ2n) is 10.3. The SMILES string of the molecule is C=Cc1cc(CNC(=O)c2cccc(C(=O)NCc3c(CC)nc4c(cnn4CC)c3NC3CCOCC3)n2)ccc1F. The van der Waals surface area contributed by atoms with Gasteiger partial charge in [-0.15, -0.1) is 0 Å². The fourth-order valence-corrected chi connectivity index (χ4v) is 5.18. The summed E-state index contributed by atoms with van der Waals surface area (Å²) in [6.07, 6.45) is 5.69. The van der Waals surface area contributed by atoms with Gasteiger partial charge in [0.05, 0.1) is 17.3 Å². The molecule has 5 rings (SSSR count). The van der Waals surface area contributed by atoms with Gasteiger partial charge in [0.1, 0.15) is 17.2 Å². The van der Waals surface area contributed by atoms with Gasteiger partial charge in [-0.3, -0.25) is 9.59 Å². The molecular weight excluding hydrogens is 549 g/mol. The highest BCUT2D eigenvalue weighted by molar-refractivity contribution is 5.97. The number of aromatic nitrogens is 4. The summed E-state index contributed by atoms with van der Waals surface area (Å²) < 4.78 is 21.2. The van der Waals surface area contributed by atoms with E-state index in [0.717, 1.165) is 40.8 Å². The Kier molecular flexibility index (Phi) is 9.41. The van der Waals surface area contributed by atoms with Crippen molar-refractivity contribution in [2.24, 2.45) is 0 Å². The lowest BCUT2D eigenvalue weighted by Crippen LogP contribution is -2.30. The van der Waals surface area contributed by atoms with Crippen LogP contribution in [0.1, 0.15) is 70.1 Å². The number of aryl methyl sites for hydroxylation is 2. The number of carbonyl (C=O) groups excluding carboxylic acids is 2. The first-order chi connectivity index (χ1) is 20.9. The molecule has 0 aliphatic carbocycles. The largest absolute Gasteiger partial charge is 0.381 e. The zero-order valence-electron chi connectivity index (χ0n) is 24.5. The van der Waals surface area contributed by atoms with Gasteiger partial charge in [-0.25, -0.2) is 19.0 Å². The summed E-state index contributed by atoms with van der Waals surface area (Å²) in [6.45, 7) is 10.2. The van der Waals surface area contributed by atoms with Crippen LogP contribution in [0.25, 0.3) is 17.1 Å². The number of rotatable bonds is 11. The Labute approximate surface area is 249 Å². The Morgan fingerprint density at radius 3 is 2.47 bits per heavy atom. The molecule has 1 aromatic carbocycles. The molecule has 0 bridgehead atoms. The van der Waals surface area contributed by atoms with Crippen molar-refractivity contribution in [3.8, 4) is 0 Å². The van der Waals surface area contributed by atoms with Crippen LogP contribution in [0.4, 0.5) is 10.1 Å². The molecular formula is C32H36FN7O3. The quantitative estimate of drug-likeness (QED) is 0.234. The molecule has 4 aromatic rings. The van der Waals surface area contributed by atoms with E-state index in [-0.39, 0.29) is 36.3 Å². The smallest absolute Gasteiger partial charge is 0.270 e. The van der Waals surface area contributed by atoms with Gasteiger partial charge in [0.2, 0.25) is 0 Å². The Balaban J connectivity index is 1.33. The van der Waals surface area contributed by atoms with E-state index >= 15 is 0 Å². The van der Waals surface area contributed by atoms with E-state index in [4.69, 9.17) is 9.72 Å². The summed E-state index contributed by atoms with van der Waals surface area (Å²) in [5, 5.41) is 14.9. The molecule has 11 heteroatoms. The van der Waals surface area contributed by atoms with E-state index in [0.29, 0.717) is 37.3 Å². The zero-order valence-corrected chi connectivity index (χ0v) is 24.5. The minimum Gasteiger partial charge on any atom is -0.381 e. The molecule has 10 nitrogen and oxygen atoms in total. The Hall–Kier alpha value is -4.64. The number of nitrogens with zero attached hydrogens (tertiary/aromatic N) is 4. The third-order valence-electron chi connectivity index (χ3n) is 7.55. The molecule has 1 aliphatic heterocycles. The standard InChI is InChI=1S/C32H36FN7O3/c1-4-21-16-20(10-11-25(21)33)17-34-31(41)27-8-7-9-28(38-27)32(42)35-18-23-26(5-2)39-30-24(19-36-40(30)6-3)29(23)37-22-12-14-43-15-13-22/h4,7-11,16,19,22H,1,5-6,12-15,17-18H2,2-3H3,(H,34,41)(H,35,42)(H,37,39). The van der Waals surface area contributed by atoms with Crippen molar-refractivity contribution in [3.05, 3.63) is 88.8 Å². The number of hydrogen-bond donors (Lipinski definition) is 3. The minimum absolute atomic E-state index is 0.102. The molecule has 4 heterocycles. The lowest BCUT2D eigenvalue weighted by molar-refractivity contribution is 0.0904. The normalized spacial score (nSPS) is 13.6. The number of pyridine rings is 2. The summed E-state index contributed by atoms with van der Waals surface area (Å²) in [5.74, 6) is -1.24. The van der Waals surface area contributed by atoms with Gasteiger partial charge in [0.15, 0.2) is 5.65 Å². The molecule has 3 N–H and O–H groups in total. The van der Waals surface area contributed by atoms with Crippen LogP contribution in [0.5, 0.6) is 0 Å². The number of ether oxygens (including phenoxy) is 1. The fourth-order valence-electron chi connectivity index (χ4n) is 5.18. The van der Waals surface area contributed by atoms with Crippen molar-refractivity contribution < 1.29 is 18.7 Å². The third-order valence-corrected chi connectivity index (χ3v) is 7.55. The molecule has 3 aromatic heterocycles. The molecule has 1 saturated heterocycles. The first-order valence-corrected chi connectivity index (χ1v) is 14.6. The van der Waals surface area contributed by atoms with Crippen LogP contribution >= 0.6 is 0 Å². The summed E-state index contributed by atoms with van der Waals surface area (Å²) in [7, 11) is 0. The van der Waals surface area contributed by atoms with Crippen molar-refractivity contribution in [2.45, 2.75) is 58.8 Å². The number of halogens is 1. The van der Waals surface area contributed by atoms with Crippen molar-refractivity contribution in [1.29, 1.82) is 0 Å². The van der Waals surface area contributed by atoms with Gasteiger partial charge < -0.3 is 20.7 Å². The molecule has 0 radical (unpaired) electrons. The number of anilines is 1. The average molecular weight is 586 g/mol. The number of fused-ring (bicyclic) bond motifs is 1. The third kappa shape index (κ3) is 6.72. The summed E-state index contributed by atoms with van der Waals surface area (Å²) in [4.78, 5) is 35.3. The van der Waals surface area contributed by atoms with Gasteiger partial charge >= 0.3 is 0 Å². The van der Waals surface area contributed by atoms with Gasteiger partial charge in [0, 0.05) is 55.7 Å². The molecule has 224 valence electrons. The predicted octanol–water partition coefficient (Wildman–Crippen LogP) is 4.64. The van der Waals surface area contributed by atoms with E-state index in [1.807, 2.05) is 24.7 Å². The molecule has 1 aliphatic rings. The van der Waals surface area contributed by atoms with Crippen molar-refractivity contribution in [3.63, 3.8) is 0 Å². The zero-order chi connectivity index (χ0) is 30.3. The molecule has 0 atom stereocenters. The van der Waals surface area contributed by atoms with E-state index in [1.54, 1.807) is 30.3 Å². The first-order valence-electron chi connectivity index (χ1n) is 14.6. The summed E-state index contributed by atoms with van der Waals surface area (Å²) in [6, 6.07) is 9.51. The number of hydrogen-bond acceptors (Lipinski definition) is 7. The van der Waals surface area contributed by atoms with Gasteiger partial charge in [0.25, 0.3) is 11.8 Å². The highest BCUT2D eigenvalue weighted by Gasteiger charge is 2.22. The summed E-state index contributed by atoms with van der Waals surface area (Å²) in [5.41, 5.74) is 4.80. The predicted molar refractivity (Wildman–Crippen MR) is 163 cm³/mol. The van der Waals surface area contributed by atoms with Crippen LogP contribution in [0, 0.1) is 5.82 Å². The van der Waals surface area contributed by atoms with Crippen molar-refractivity contribution in [1.82, 2.24) is 30.4 Å². The van der Waals surface area contributed by atoms with Gasteiger partial charge in [-0.05, 0) is 56.0 Å². The Bertz CT molecular complexity index is 1650. The maximum atomic E-state index is 13.8. The molecule has 43 heavy (non-hydrogen) atoms. The molecule has 0 spiro atoms. The highest BCUT2D eigenvalue weighted by Crippen LogP contribution is 2.31. The van der Waals surface area contributed by atoms with Crippen molar-refractivity contribution >= 4 is 34.6 Å². The van der Waals surface area contributed by atoms with Crippen LogP contribution in [0.2, 0.25) is 0 Å². The number of nitrogens with one attached hydrogen (secondary N) is 3. The lowest BCUT2D eigenvalue weighted by atomic mass is 10.0. The molecule has 2 amide bonds. The van der Waals surface area contributed by atoms with Crippen LogP contribution < -0.4 is 16.0 Å². The van der Waals surface area contributed by atoms with E-state index in [2.05, 4.69) is 32.6 Å². The number of benzene rings is 1. The topological polar surface area (TPSA) is 123 Å². The monoisotopic (exact) mass is 585 g/mol. The van der Waals surface area contributed by atoms with Gasteiger partial charge in [-0.2, -0.15) is 5.10 Å². The average Bonchev–Trinajstić information content (AvgIpc) is 3.46. The van der Waals surface area contributed by atoms with Crippen molar-refractivity contribution in [2.75, 3.05) is 18.5 Å². The number of carbonyl (C=O) groups is 2. The second kappa shape index (κ2) is 13.6. The Morgan fingerprint density at radius 2 is 1.79 bits per heavy atom. The van der Waals surface area contributed by atoms with Crippen LogP contribution in [0.3, 0.4) is 0 Å². The van der Waals surface area contributed by atoms with Crippen LogP contribution in [-0.4, -0.2) is 50.8 Å². The van der Waals surface area contributed by atoms with Gasteiger partial charge in [-0.1, -0.05) is 31.7 Å². The maximum Gasteiger partial charge on any atom is 0.270 e. The highest BCUT2D eigenvalue weighted by atomic mass is 19.1. The Morgan fingerprint density at radius 1 is 1.07 bits per heavy atom.